The molecule has 27 heavy (non-hydrogen) atoms. The Bertz CT molecular complexity index is 623. The van der Waals surface area contributed by atoms with Crippen molar-refractivity contribution in [2.45, 2.75) is 70.6 Å². The van der Waals surface area contributed by atoms with Gasteiger partial charge >= 0.3 is 0 Å². The zero-order valence-corrected chi connectivity index (χ0v) is 16.4. The van der Waals surface area contributed by atoms with Crippen LogP contribution in [-0.2, 0) is 6.54 Å². The highest BCUT2D eigenvalue weighted by Crippen LogP contribution is 2.24. The van der Waals surface area contributed by atoms with Gasteiger partial charge < -0.3 is 20.6 Å². The van der Waals surface area contributed by atoms with Gasteiger partial charge in [0.05, 0.1) is 18.3 Å². The van der Waals surface area contributed by atoms with Gasteiger partial charge in [0.15, 0.2) is 5.96 Å². The summed E-state index contributed by atoms with van der Waals surface area (Å²) in [7, 11) is 0. The van der Waals surface area contributed by atoms with Crippen molar-refractivity contribution in [3.05, 3.63) is 29.6 Å². The molecule has 0 spiro atoms. The van der Waals surface area contributed by atoms with E-state index in [1.165, 1.54) is 32.1 Å². The van der Waals surface area contributed by atoms with Gasteiger partial charge in [-0.3, -0.25) is 0 Å². The van der Waals surface area contributed by atoms with Crippen LogP contribution in [0.25, 0.3) is 0 Å². The maximum Gasteiger partial charge on any atom is 0.191 e. The number of hydrogen-bond acceptors (Lipinski definition) is 3. The molecule has 3 rings (SSSR count). The normalized spacial score (nSPS) is 20.0. The number of nitrogens with zero attached hydrogens (tertiary/aromatic N) is 2. The smallest absolute Gasteiger partial charge is 0.191 e. The zero-order chi connectivity index (χ0) is 19.1. The van der Waals surface area contributed by atoms with Crippen LogP contribution in [0.5, 0.6) is 0 Å². The molecule has 1 saturated heterocycles. The number of benzene rings is 1. The summed E-state index contributed by atoms with van der Waals surface area (Å²) in [5.74, 6) is 0.614. The first-order chi connectivity index (χ1) is 13.2. The van der Waals surface area contributed by atoms with E-state index in [1.54, 1.807) is 6.07 Å². The molecule has 1 saturated carbocycles. The van der Waals surface area contributed by atoms with E-state index in [0.29, 0.717) is 44.2 Å². The Morgan fingerprint density at radius 3 is 2.59 bits per heavy atom. The predicted molar refractivity (Wildman–Crippen MR) is 109 cm³/mol. The van der Waals surface area contributed by atoms with Gasteiger partial charge in [-0.25, -0.2) is 9.38 Å². The second kappa shape index (κ2) is 9.93. The summed E-state index contributed by atoms with van der Waals surface area (Å²) in [6.45, 7) is 4.73. The number of guanidine groups is 1. The molecule has 0 atom stereocenters. The van der Waals surface area contributed by atoms with Crippen LogP contribution in [-0.4, -0.2) is 42.8 Å². The molecule has 6 heteroatoms. The fourth-order valence-electron chi connectivity index (χ4n) is 3.94. The fourth-order valence-corrected chi connectivity index (χ4v) is 3.94. The number of hydrogen-bond donors (Lipinski definition) is 3. The molecule has 0 bridgehead atoms. The van der Waals surface area contributed by atoms with Crippen molar-refractivity contribution in [3.63, 3.8) is 0 Å². The first kappa shape index (κ1) is 19.9. The van der Waals surface area contributed by atoms with Gasteiger partial charge in [0.1, 0.15) is 5.82 Å². The van der Waals surface area contributed by atoms with Gasteiger partial charge in [0, 0.05) is 25.7 Å². The maximum absolute atomic E-state index is 14.6. The first-order valence-corrected chi connectivity index (χ1v) is 10.4. The lowest BCUT2D eigenvalue weighted by molar-refractivity contribution is 0.145. The van der Waals surface area contributed by atoms with Crippen LogP contribution in [0, 0.1) is 5.82 Å². The van der Waals surface area contributed by atoms with Gasteiger partial charge in [0.2, 0.25) is 0 Å². The lowest BCUT2D eigenvalue weighted by Crippen LogP contribution is -2.44. The van der Waals surface area contributed by atoms with Crippen LogP contribution in [0.3, 0.4) is 0 Å². The van der Waals surface area contributed by atoms with Crippen molar-refractivity contribution < 1.29 is 9.50 Å². The fraction of sp³-hybridized carbons (Fsp3) is 0.667. The zero-order valence-electron chi connectivity index (χ0n) is 16.4. The summed E-state index contributed by atoms with van der Waals surface area (Å²) in [5.41, 5.74) is 1.50. The summed E-state index contributed by atoms with van der Waals surface area (Å²) < 4.78 is 14.6. The molecule has 1 aromatic rings. The topological polar surface area (TPSA) is 59.9 Å². The second-order valence-electron chi connectivity index (χ2n) is 7.68. The molecular weight excluding hydrogens is 343 g/mol. The van der Waals surface area contributed by atoms with E-state index in [0.717, 1.165) is 18.1 Å². The number of aliphatic imine (C=N–C) groups is 1. The van der Waals surface area contributed by atoms with E-state index in [2.05, 4.69) is 22.5 Å². The van der Waals surface area contributed by atoms with E-state index in [9.17, 15) is 9.50 Å². The van der Waals surface area contributed by atoms with Crippen LogP contribution < -0.4 is 15.5 Å². The molecular formula is C21H33FN4O. The molecule has 0 aromatic heterocycles. The molecule has 1 aliphatic carbocycles. The van der Waals surface area contributed by atoms with Gasteiger partial charge in [-0.15, -0.1) is 0 Å². The minimum absolute atomic E-state index is 0.204. The summed E-state index contributed by atoms with van der Waals surface area (Å²) in [5, 5.41) is 16.4. The van der Waals surface area contributed by atoms with Crippen LogP contribution in [0.1, 0.15) is 57.4 Å². The number of anilines is 1. The number of nitrogens with one attached hydrogen (secondary N) is 2. The Hall–Kier alpha value is -1.82. The lowest BCUT2D eigenvalue weighted by Gasteiger charge is -2.31. The van der Waals surface area contributed by atoms with Gasteiger partial charge in [-0.05, 0) is 50.3 Å². The predicted octanol–water partition coefficient (Wildman–Crippen LogP) is 3.17. The molecule has 3 N–H and O–H groups in total. The van der Waals surface area contributed by atoms with E-state index in [-0.39, 0.29) is 11.9 Å². The van der Waals surface area contributed by atoms with Crippen molar-refractivity contribution in [2.24, 2.45) is 4.99 Å². The van der Waals surface area contributed by atoms with E-state index in [1.807, 2.05) is 17.0 Å². The number of aliphatic hydroxyl groups excluding tert-OH is 1. The Balaban J connectivity index is 1.61. The average molecular weight is 377 g/mol. The Labute approximate surface area is 162 Å². The van der Waals surface area contributed by atoms with Crippen molar-refractivity contribution in [3.8, 4) is 0 Å². The van der Waals surface area contributed by atoms with E-state index in [4.69, 9.17) is 0 Å². The van der Waals surface area contributed by atoms with E-state index >= 15 is 0 Å². The monoisotopic (exact) mass is 376 g/mol. The molecule has 1 heterocycles. The van der Waals surface area contributed by atoms with Crippen molar-refractivity contribution in [1.82, 2.24) is 10.6 Å². The molecule has 0 unspecified atom stereocenters. The minimum Gasteiger partial charge on any atom is -0.393 e. The van der Waals surface area contributed by atoms with Crippen LogP contribution in [0.2, 0.25) is 0 Å². The number of aliphatic hydroxyl groups is 1. The van der Waals surface area contributed by atoms with Gasteiger partial charge in [-0.2, -0.15) is 0 Å². The number of rotatable bonds is 5. The number of piperidine rings is 1. The summed E-state index contributed by atoms with van der Waals surface area (Å²) in [6.07, 6.45) is 7.41. The molecule has 1 aliphatic heterocycles. The van der Waals surface area contributed by atoms with E-state index < -0.39 is 0 Å². The summed E-state index contributed by atoms with van der Waals surface area (Å²) >= 11 is 0. The van der Waals surface area contributed by atoms with Crippen molar-refractivity contribution >= 4 is 11.6 Å². The Morgan fingerprint density at radius 2 is 1.93 bits per heavy atom. The third-order valence-corrected chi connectivity index (χ3v) is 5.53. The average Bonchev–Trinajstić information content (AvgIpc) is 2.68. The first-order valence-electron chi connectivity index (χ1n) is 10.4. The lowest BCUT2D eigenvalue weighted by atomic mass is 9.96. The summed E-state index contributed by atoms with van der Waals surface area (Å²) in [6, 6.07) is 5.88. The molecule has 150 valence electrons. The second-order valence-corrected chi connectivity index (χ2v) is 7.68. The largest absolute Gasteiger partial charge is 0.393 e. The van der Waals surface area contributed by atoms with Gasteiger partial charge in [0.25, 0.3) is 0 Å². The highest BCUT2D eigenvalue weighted by Gasteiger charge is 2.20. The molecule has 0 radical (unpaired) electrons. The summed E-state index contributed by atoms with van der Waals surface area (Å²) in [4.78, 5) is 6.67. The van der Waals surface area contributed by atoms with Crippen LogP contribution in [0.15, 0.2) is 23.2 Å². The standard InChI is InChI=1S/C21H33FN4O/c1-2-23-21(25-17-6-4-3-5-7-17)24-15-16-8-9-20(19(22)14-16)26-12-10-18(27)11-13-26/h8-9,14,17-18,27H,2-7,10-13,15H2,1H3,(H2,23,24,25). The highest BCUT2D eigenvalue weighted by molar-refractivity contribution is 5.80. The SMILES string of the molecule is CCNC(=NCc1ccc(N2CCC(O)CC2)c(F)c1)NC1CCCCC1. The highest BCUT2D eigenvalue weighted by atomic mass is 19.1. The third kappa shape index (κ3) is 5.83. The quantitative estimate of drug-likeness (QED) is 0.546. The van der Waals surface area contributed by atoms with Crippen LogP contribution in [0.4, 0.5) is 10.1 Å². The Kier molecular flexibility index (Phi) is 7.33. The van der Waals surface area contributed by atoms with Crippen molar-refractivity contribution in [2.75, 3.05) is 24.5 Å². The molecule has 2 fully saturated rings. The molecule has 2 aliphatic rings. The molecule has 0 amide bonds. The number of halogens is 1. The van der Waals surface area contributed by atoms with Crippen LogP contribution >= 0.6 is 0 Å². The van der Waals surface area contributed by atoms with Gasteiger partial charge in [-0.1, -0.05) is 25.3 Å². The van der Waals surface area contributed by atoms with Crippen molar-refractivity contribution in [1.29, 1.82) is 0 Å². The molecule has 1 aromatic carbocycles. The third-order valence-electron chi connectivity index (χ3n) is 5.53. The maximum atomic E-state index is 14.6. The Morgan fingerprint density at radius 1 is 1.19 bits per heavy atom. The minimum atomic E-state index is -0.251. The molecule has 5 nitrogen and oxygen atoms in total.